The molecule has 0 aromatic heterocycles. The fourth-order valence-corrected chi connectivity index (χ4v) is 7.76. The number of carboxylic acid groups (broad SMARTS) is 2. The van der Waals surface area contributed by atoms with Crippen molar-refractivity contribution in [3.8, 4) is 0 Å². The van der Waals surface area contributed by atoms with E-state index in [9.17, 15) is 19.8 Å². The zero-order chi connectivity index (χ0) is 39.7. The molecule has 0 aliphatic rings. The van der Waals surface area contributed by atoms with Crippen molar-refractivity contribution >= 4 is 11.9 Å². The van der Waals surface area contributed by atoms with E-state index in [1.165, 1.54) is 257 Å². The van der Waals surface area contributed by atoms with Gasteiger partial charge in [0.05, 0.1) is 0 Å². The van der Waals surface area contributed by atoms with Gasteiger partial charge in [-0.25, -0.2) is 0 Å². The van der Waals surface area contributed by atoms with Crippen LogP contribution in [0.2, 0.25) is 0 Å². The number of carboxylic acids is 2. The van der Waals surface area contributed by atoms with Gasteiger partial charge in [-0.3, -0.25) is 0 Å². The zero-order valence-corrected chi connectivity index (χ0v) is 40.1. The zero-order valence-electron chi connectivity index (χ0n) is 37.7. The van der Waals surface area contributed by atoms with Crippen molar-refractivity contribution in [3.63, 3.8) is 0 Å². The second-order valence-electron chi connectivity index (χ2n) is 17.1. The Labute approximate surface area is 365 Å². The first-order valence-corrected chi connectivity index (χ1v) is 24.9. The average Bonchev–Trinajstić information content (AvgIpc) is 3.15. The van der Waals surface area contributed by atoms with Gasteiger partial charge in [0, 0.05) is 11.9 Å². The Bertz CT molecular complexity index is 641. The van der Waals surface area contributed by atoms with Gasteiger partial charge in [-0.1, -0.05) is 284 Å². The van der Waals surface area contributed by atoms with E-state index in [4.69, 9.17) is 0 Å². The van der Waals surface area contributed by atoms with E-state index in [0.717, 1.165) is 25.7 Å². The molecule has 5 heteroatoms. The van der Waals surface area contributed by atoms with E-state index in [1.807, 2.05) is 0 Å². The van der Waals surface area contributed by atoms with Gasteiger partial charge >= 0.3 is 26.2 Å². The topological polar surface area (TPSA) is 80.3 Å². The number of unbranched alkanes of at least 4 members (excludes halogenated alkanes) is 42. The molecule has 0 aliphatic heterocycles. The maximum absolute atomic E-state index is 10.3. The van der Waals surface area contributed by atoms with Crippen molar-refractivity contribution in [2.45, 2.75) is 309 Å². The molecule has 0 aliphatic carbocycles. The molecule has 4 nitrogen and oxygen atoms in total. The summed E-state index contributed by atoms with van der Waals surface area (Å²) in [6, 6.07) is 0. The van der Waals surface area contributed by atoms with Crippen LogP contribution in [0.5, 0.6) is 0 Å². The van der Waals surface area contributed by atoms with Crippen LogP contribution in [0.3, 0.4) is 0 Å². The van der Waals surface area contributed by atoms with Crippen LogP contribution in [0.15, 0.2) is 0 Å². The van der Waals surface area contributed by atoms with Crippen LogP contribution in [0.4, 0.5) is 0 Å². The molecule has 55 heavy (non-hydrogen) atoms. The first-order chi connectivity index (χ1) is 26.5. The Balaban J connectivity index is -0.000000966. The van der Waals surface area contributed by atoms with Crippen LogP contribution >= 0.6 is 0 Å². The SMILES string of the molecule is CCCCCCCCCCCCCCCCCCCCCCCCC(=O)[O-].CCCCCCCCCCCCCCCCCCCCCCCCC(=O)[O-].[Zr+2]. The summed E-state index contributed by atoms with van der Waals surface area (Å²) in [5.41, 5.74) is 0. The molecule has 326 valence electrons. The van der Waals surface area contributed by atoms with Crippen LogP contribution in [0.25, 0.3) is 0 Å². The molecule has 0 unspecified atom stereocenters. The molecular weight excluding hydrogens is 756 g/mol. The Hall–Kier alpha value is -0.177. The third-order valence-corrected chi connectivity index (χ3v) is 11.5. The van der Waals surface area contributed by atoms with Crippen molar-refractivity contribution in [3.05, 3.63) is 0 Å². The molecule has 0 saturated carbocycles. The molecule has 0 amide bonds. The van der Waals surface area contributed by atoms with Crippen LogP contribution < -0.4 is 10.2 Å². The van der Waals surface area contributed by atoms with E-state index in [1.54, 1.807) is 0 Å². The molecule has 0 aromatic carbocycles. The molecule has 0 aromatic rings. The van der Waals surface area contributed by atoms with Crippen LogP contribution in [-0.2, 0) is 35.8 Å². The Morgan fingerprint density at radius 2 is 0.345 bits per heavy atom. The quantitative estimate of drug-likeness (QED) is 0.0571. The Morgan fingerprint density at radius 1 is 0.236 bits per heavy atom. The second-order valence-corrected chi connectivity index (χ2v) is 17.1. The summed E-state index contributed by atoms with van der Waals surface area (Å²) in [7, 11) is 0. The number of aliphatic carboxylic acids is 2. The van der Waals surface area contributed by atoms with Gasteiger partial charge in [0.25, 0.3) is 0 Å². The molecule has 0 N–H and O–H groups in total. The third kappa shape index (κ3) is 63.2. The van der Waals surface area contributed by atoms with Gasteiger partial charge < -0.3 is 19.8 Å². The predicted octanol–water partition coefficient (Wildman–Crippen LogP) is 15.5. The molecule has 0 heterocycles. The molecule has 0 radical (unpaired) electrons. The summed E-state index contributed by atoms with van der Waals surface area (Å²) >= 11 is 0. The largest absolute Gasteiger partial charge is 2.00 e. The Morgan fingerprint density at radius 3 is 0.455 bits per heavy atom. The molecule has 0 bridgehead atoms. The average molecular weight is 855 g/mol. The number of hydrogen-bond donors (Lipinski definition) is 0. The predicted molar refractivity (Wildman–Crippen MR) is 234 cm³/mol. The van der Waals surface area contributed by atoms with Gasteiger partial charge in [-0.2, -0.15) is 0 Å². The van der Waals surface area contributed by atoms with E-state index in [2.05, 4.69) is 13.8 Å². The van der Waals surface area contributed by atoms with Gasteiger partial charge in [0.15, 0.2) is 0 Å². The molecule has 0 fully saturated rings. The molecular formula is C50H98O4Zr. The normalized spacial score (nSPS) is 10.9. The van der Waals surface area contributed by atoms with Crippen molar-refractivity contribution in [2.24, 2.45) is 0 Å². The van der Waals surface area contributed by atoms with Crippen LogP contribution in [-0.4, -0.2) is 11.9 Å². The van der Waals surface area contributed by atoms with Gasteiger partial charge in [0.1, 0.15) is 0 Å². The van der Waals surface area contributed by atoms with E-state index < -0.39 is 11.9 Å². The Kier molecular flexibility index (Phi) is 60.1. The monoisotopic (exact) mass is 853 g/mol. The number of carbonyl (C=O) groups excluding carboxylic acids is 2. The van der Waals surface area contributed by atoms with Gasteiger partial charge in [-0.15, -0.1) is 0 Å². The maximum Gasteiger partial charge on any atom is 2.00 e. The summed E-state index contributed by atoms with van der Waals surface area (Å²) in [4.78, 5) is 20.6. The molecule has 0 rings (SSSR count). The first-order valence-electron chi connectivity index (χ1n) is 24.9. The van der Waals surface area contributed by atoms with E-state index >= 15 is 0 Å². The van der Waals surface area contributed by atoms with Crippen molar-refractivity contribution in [2.75, 3.05) is 0 Å². The van der Waals surface area contributed by atoms with Crippen molar-refractivity contribution < 1.29 is 46.0 Å². The number of hydrogen-bond acceptors (Lipinski definition) is 4. The van der Waals surface area contributed by atoms with Crippen LogP contribution in [0.1, 0.15) is 309 Å². The first kappa shape index (κ1) is 59.1. The van der Waals surface area contributed by atoms with Crippen molar-refractivity contribution in [1.29, 1.82) is 0 Å². The summed E-state index contributed by atoms with van der Waals surface area (Å²) < 4.78 is 0. The molecule has 0 saturated heterocycles. The minimum absolute atomic E-state index is 0. The fourth-order valence-electron chi connectivity index (χ4n) is 7.76. The summed E-state index contributed by atoms with van der Waals surface area (Å²) in [6.45, 7) is 4.58. The van der Waals surface area contributed by atoms with Crippen molar-refractivity contribution in [1.82, 2.24) is 0 Å². The minimum Gasteiger partial charge on any atom is -0.550 e. The fraction of sp³-hybridized carbons (Fsp3) is 0.960. The summed E-state index contributed by atoms with van der Waals surface area (Å²) in [6.07, 6.45) is 60.4. The second kappa shape index (κ2) is 55.9. The summed E-state index contributed by atoms with van der Waals surface area (Å²) in [5, 5.41) is 20.6. The van der Waals surface area contributed by atoms with E-state index in [0.29, 0.717) is 0 Å². The maximum atomic E-state index is 10.3. The van der Waals surface area contributed by atoms with E-state index in [-0.39, 0.29) is 39.0 Å². The smallest absolute Gasteiger partial charge is 0.550 e. The molecule has 0 atom stereocenters. The summed E-state index contributed by atoms with van der Waals surface area (Å²) in [5.74, 6) is -1.80. The standard InChI is InChI=1S/2C25H50O2.Zr/c2*1-2-3-4-5-6-7-8-9-10-11-12-13-14-15-16-17-18-19-20-21-22-23-24-25(26)27;/h2*2-24H2,1H3,(H,26,27);/q;;+2/p-2. The van der Waals surface area contributed by atoms with Crippen LogP contribution in [0, 0.1) is 0 Å². The van der Waals surface area contributed by atoms with Gasteiger partial charge in [-0.05, 0) is 25.7 Å². The van der Waals surface area contributed by atoms with Gasteiger partial charge in [0.2, 0.25) is 0 Å². The molecule has 0 spiro atoms. The third-order valence-electron chi connectivity index (χ3n) is 11.5. The minimum atomic E-state index is -0.900. The number of rotatable bonds is 46. The number of carbonyl (C=O) groups is 2.